The van der Waals surface area contributed by atoms with Crippen LogP contribution in [0.2, 0.25) is 0 Å². The zero-order valence-electron chi connectivity index (χ0n) is 7.11. The maximum Gasteiger partial charge on any atom is 0.190 e. The van der Waals surface area contributed by atoms with Crippen LogP contribution in [0.3, 0.4) is 0 Å². The van der Waals surface area contributed by atoms with Crippen molar-refractivity contribution in [2.75, 3.05) is 7.11 Å². The molecule has 0 atom stereocenters. The van der Waals surface area contributed by atoms with Crippen LogP contribution in [0.5, 0.6) is 0 Å². The third-order valence-electron chi connectivity index (χ3n) is 1.89. The molecule has 66 valence electrons. The first-order chi connectivity index (χ1) is 6.33. The van der Waals surface area contributed by atoms with Crippen molar-refractivity contribution in [1.82, 2.24) is 0 Å². The zero-order chi connectivity index (χ0) is 9.26. The van der Waals surface area contributed by atoms with Gasteiger partial charge in [-0.05, 0) is 0 Å². The van der Waals surface area contributed by atoms with E-state index in [2.05, 4.69) is 4.89 Å². The van der Waals surface area contributed by atoms with Gasteiger partial charge < -0.3 is 4.89 Å². The molecule has 0 heterocycles. The number of fused-ring (bicyclic) bond motifs is 1. The van der Waals surface area contributed by atoms with Crippen LogP contribution >= 0.6 is 0 Å². The number of allylic oxidation sites excluding steroid dienone is 1. The zero-order valence-corrected chi connectivity index (χ0v) is 7.11. The Labute approximate surface area is 75.5 Å². The number of carbonyl (C=O) groups is 1. The average Bonchev–Trinajstić information content (AvgIpc) is 2.46. The van der Waals surface area contributed by atoms with Crippen LogP contribution in [0.4, 0.5) is 0 Å². The Morgan fingerprint density at radius 3 is 2.54 bits per heavy atom. The van der Waals surface area contributed by atoms with Gasteiger partial charge in [0, 0.05) is 17.2 Å². The number of hydrogen-bond donors (Lipinski definition) is 0. The first-order valence-electron chi connectivity index (χ1n) is 3.89. The van der Waals surface area contributed by atoms with Crippen molar-refractivity contribution < 1.29 is 14.6 Å². The van der Waals surface area contributed by atoms with Gasteiger partial charge in [-0.1, -0.05) is 24.3 Å². The molecule has 0 saturated carbocycles. The molecule has 2 rings (SSSR count). The number of carbonyl (C=O) groups excluding carboxylic acids is 1. The number of rotatable bonds is 2. The third kappa shape index (κ3) is 1.23. The van der Waals surface area contributed by atoms with E-state index in [1.54, 1.807) is 6.07 Å². The van der Waals surface area contributed by atoms with Crippen molar-refractivity contribution in [2.45, 2.75) is 0 Å². The van der Waals surface area contributed by atoms with Crippen LogP contribution in [-0.4, -0.2) is 12.9 Å². The molecule has 0 unspecified atom stereocenters. The fourth-order valence-corrected chi connectivity index (χ4v) is 1.35. The monoisotopic (exact) mass is 176 g/mol. The van der Waals surface area contributed by atoms with Crippen molar-refractivity contribution in [3.63, 3.8) is 0 Å². The van der Waals surface area contributed by atoms with Crippen LogP contribution in [0.25, 0.3) is 5.76 Å². The summed E-state index contributed by atoms with van der Waals surface area (Å²) < 4.78 is 0. The largest absolute Gasteiger partial charge is 0.337 e. The standard InChI is InChI=1S/C10H8O3/c1-12-13-10-6-9(11)7-4-2-3-5-8(7)10/h2-6H,1H3. The second kappa shape index (κ2) is 3.03. The van der Waals surface area contributed by atoms with Crippen molar-refractivity contribution >= 4 is 11.5 Å². The highest BCUT2D eigenvalue weighted by atomic mass is 17.2. The summed E-state index contributed by atoms with van der Waals surface area (Å²) in [6.07, 6.45) is 1.42. The van der Waals surface area contributed by atoms with E-state index in [4.69, 9.17) is 4.89 Å². The minimum Gasteiger partial charge on any atom is -0.337 e. The van der Waals surface area contributed by atoms with Gasteiger partial charge in [0.25, 0.3) is 0 Å². The lowest BCUT2D eigenvalue weighted by Gasteiger charge is -2.02. The predicted octanol–water partition coefficient (Wildman–Crippen LogP) is 1.80. The van der Waals surface area contributed by atoms with E-state index in [0.717, 1.165) is 5.56 Å². The molecule has 0 radical (unpaired) electrons. The Kier molecular flexibility index (Phi) is 1.87. The summed E-state index contributed by atoms with van der Waals surface area (Å²) >= 11 is 0. The molecule has 0 spiro atoms. The predicted molar refractivity (Wildman–Crippen MR) is 46.8 cm³/mol. The van der Waals surface area contributed by atoms with E-state index in [9.17, 15) is 4.79 Å². The first-order valence-corrected chi connectivity index (χ1v) is 3.89. The van der Waals surface area contributed by atoms with Gasteiger partial charge in [-0.3, -0.25) is 4.79 Å². The van der Waals surface area contributed by atoms with Gasteiger partial charge in [0.15, 0.2) is 11.5 Å². The summed E-state index contributed by atoms with van der Waals surface area (Å²) in [5.74, 6) is 0.436. The fourth-order valence-electron chi connectivity index (χ4n) is 1.35. The number of hydrogen-bond acceptors (Lipinski definition) is 3. The highest BCUT2D eigenvalue weighted by Gasteiger charge is 2.22. The molecule has 0 aromatic heterocycles. The normalized spacial score (nSPS) is 13.9. The summed E-state index contributed by atoms with van der Waals surface area (Å²) in [6, 6.07) is 7.26. The summed E-state index contributed by atoms with van der Waals surface area (Å²) in [5.41, 5.74) is 1.45. The summed E-state index contributed by atoms with van der Waals surface area (Å²) in [5, 5.41) is 0. The molecule has 13 heavy (non-hydrogen) atoms. The Hall–Kier alpha value is -1.61. The second-order valence-corrected chi connectivity index (χ2v) is 2.67. The molecule has 0 amide bonds. The van der Waals surface area contributed by atoms with Crippen LogP contribution in [0, 0.1) is 0 Å². The maximum atomic E-state index is 11.3. The molecule has 0 bridgehead atoms. The quantitative estimate of drug-likeness (QED) is 0.509. The van der Waals surface area contributed by atoms with E-state index < -0.39 is 0 Å². The topological polar surface area (TPSA) is 35.5 Å². The summed E-state index contributed by atoms with van der Waals surface area (Å²) in [4.78, 5) is 20.7. The van der Waals surface area contributed by atoms with Gasteiger partial charge in [-0.25, -0.2) is 0 Å². The molecular weight excluding hydrogens is 168 g/mol. The summed E-state index contributed by atoms with van der Waals surface area (Å²) in [7, 11) is 1.41. The molecule has 1 aromatic rings. The first kappa shape index (κ1) is 8.01. The van der Waals surface area contributed by atoms with E-state index >= 15 is 0 Å². The molecular formula is C10H8O3. The van der Waals surface area contributed by atoms with E-state index in [-0.39, 0.29) is 5.78 Å². The Bertz CT molecular complexity index is 380. The Morgan fingerprint density at radius 1 is 1.15 bits per heavy atom. The highest BCUT2D eigenvalue weighted by Crippen LogP contribution is 2.27. The molecule has 0 saturated heterocycles. The van der Waals surface area contributed by atoms with Crippen molar-refractivity contribution in [2.24, 2.45) is 0 Å². The van der Waals surface area contributed by atoms with Gasteiger partial charge in [-0.15, -0.1) is 0 Å². The number of benzene rings is 1. The Balaban J connectivity index is 2.45. The van der Waals surface area contributed by atoms with Gasteiger partial charge >= 0.3 is 0 Å². The third-order valence-corrected chi connectivity index (χ3v) is 1.89. The fraction of sp³-hybridized carbons (Fsp3) is 0.100. The van der Waals surface area contributed by atoms with Gasteiger partial charge in [-0.2, -0.15) is 4.89 Å². The second-order valence-electron chi connectivity index (χ2n) is 2.67. The van der Waals surface area contributed by atoms with Crippen molar-refractivity contribution in [3.8, 4) is 0 Å². The molecule has 0 fully saturated rings. The lowest BCUT2D eigenvalue weighted by atomic mass is 10.1. The lowest BCUT2D eigenvalue weighted by molar-refractivity contribution is -0.207. The van der Waals surface area contributed by atoms with E-state index in [1.165, 1.54) is 13.2 Å². The van der Waals surface area contributed by atoms with Crippen molar-refractivity contribution in [1.29, 1.82) is 0 Å². The van der Waals surface area contributed by atoms with Crippen molar-refractivity contribution in [3.05, 3.63) is 41.5 Å². The molecule has 0 N–H and O–H groups in total. The average molecular weight is 176 g/mol. The van der Waals surface area contributed by atoms with Gasteiger partial charge in [0.05, 0.1) is 7.11 Å². The van der Waals surface area contributed by atoms with Crippen LogP contribution in [0.15, 0.2) is 30.3 Å². The van der Waals surface area contributed by atoms with Gasteiger partial charge in [0.2, 0.25) is 0 Å². The highest BCUT2D eigenvalue weighted by molar-refractivity contribution is 6.15. The molecule has 1 aromatic carbocycles. The number of ketones is 1. The smallest absolute Gasteiger partial charge is 0.190 e. The Morgan fingerprint density at radius 2 is 1.85 bits per heavy atom. The maximum absolute atomic E-state index is 11.3. The van der Waals surface area contributed by atoms with Crippen LogP contribution < -0.4 is 0 Å². The van der Waals surface area contributed by atoms with E-state index in [0.29, 0.717) is 11.3 Å². The SMILES string of the molecule is COOC1=CC(=O)c2ccccc21. The van der Waals surface area contributed by atoms with Crippen LogP contribution in [0.1, 0.15) is 15.9 Å². The lowest BCUT2D eigenvalue weighted by Crippen LogP contribution is -1.90. The molecule has 3 nitrogen and oxygen atoms in total. The van der Waals surface area contributed by atoms with E-state index in [1.807, 2.05) is 18.2 Å². The molecule has 0 aliphatic heterocycles. The van der Waals surface area contributed by atoms with Crippen LogP contribution in [-0.2, 0) is 9.78 Å². The minimum atomic E-state index is -0.0392. The summed E-state index contributed by atoms with van der Waals surface area (Å²) in [6.45, 7) is 0. The molecule has 1 aliphatic rings. The van der Waals surface area contributed by atoms with Gasteiger partial charge in [0.1, 0.15) is 0 Å². The molecule has 1 aliphatic carbocycles. The minimum absolute atomic E-state index is 0.0392. The molecule has 3 heteroatoms.